The molecule has 2 aromatic heterocycles. The fourth-order valence-electron chi connectivity index (χ4n) is 2.11. The number of aromatic nitrogens is 3. The summed E-state index contributed by atoms with van der Waals surface area (Å²) < 4.78 is 13.0. The van der Waals surface area contributed by atoms with Crippen LogP contribution in [0.15, 0.2) is 52.2 Å². The van der Waals surface area contributed by atoms with E-state index in [2.05, 4.69) is 22.2 Å². The van der Waals surface area contributed by atoms with Crippen LogP contribution in [0.25, 0.3) is 11.6 Å². The van der Waals surface area contributed by atoms with Gasteiger partial charge in [-0.1, -0.05) is 25.5 Å². The maximum absolute atomic E-state index is 5.71. The molecule has 6 nitrogen and oxygen atoms in total. The molecule has 0 radical (unpaired) electrons. The monoisotopic (exact) mass is 342 g/mol. The lowest BCUT2D eigenvalue weighted by molar-refractivity contribution is 0.309. The number of hydrogen-bond donors (Lipinski definition) is 1. The van der Waals surface area contributed by atoms with Crippen LogP contribution in [0.3, 0.4) is 0 Å². The topological polar surface area (TPSA) is 68.3 Å². The Hall–Kier alpha value is -2.67. The van der Waals surface area contributed by atoms with Gasteiger partial charge in [0.15, 0.2) is 5.76 Å². The van der Waals surface area contributed by atoms with E-state index in [0.717, 1.165) is 24.2 Å². The van der Waals surface area contributed by atoms with Crippen molar-refractivity contribution in [2.45, 2.75) is 19.8 Å². The molecule has 0 saturated carbocycles. The molecular weight excluding hydrogens is 324 g/mol. The quantitative estimate of drug-likeness (QED) is 0.396. The molecule has 2 heterocycles. The van der Waals surface area contributed by atoms with Crippen molar-refractivity contribution >= 4 is 18.4 Å². The third kappa shape index (κ3) is 3.80. The van der Waals surface area contributed by atoms with Gasteiger partial charge in [-0.3, -0.25) is 0 Å². The molecular formula is C17H18N4O2S. The van der Waals surface area contributed by atoms with E-state index < -0.39 is 0 Å². The molecule has 0 atom stereocenters. The van der Waals surface area contributed by atoms with Crippen LogP contribution in [0, 0.1) is 4.77 Å². The number of nitrogens with one attached hydrogen (secondary N) is 1. The van der Waals surface area contributed by atoms with E-state index in [1.807, 2.05) is 24.3 Å². The van der Waals surface area contributed by atoms with Gasteiger partial charge in [0, 0.05) is 0 Å². The van der Waals surface area contributed by atoms with Gasteiger partial charge in [-0.15, -0.1) is 5.10 Å². The van der Waals surface area contributed by atoms with Gasteiger partial charge in [0.25, 0.3) is 0 Å². The molecule has 0 aliphatic rings. The standard InChI is InChI=1S/C17H18N4O2S/c1-2-3-9-22-14-7-4-6-13(11-14)12-18-21-16(19-20-17(21)24)15-8-5-10-23-15/h4-8,10-12H,2-3,9H2,1H3,(H,20,24)/b18-12-. The van der Waals surface area contributed by atoms with Crippen molar-refractivity contribution in [2.75, 3.05) is 6.61 Å². The zero-order valence-corrected chi connectivity index (χ0v) is 14.1. The summed E-state index contributed by atoms with van der Waals surface area (Å²) in [6.45, 7) is 2.85. The number of unbranched alkanes of at least 4 members (excludes halogenated alkanes) is 1. The molecule has 1 aromatic carbocycles. The summed E-state index contributed by atoms with van der Waals surface area (Å²) in [5.41, 5.74) is 0.914. The van der Waals surface area contributed by atoms with Crippen molar-refractivity contribution in [1.82, 2.24) is 14.9 Å². The van der Waals surface area contributed by atoms with Crippen molar-refractivity contribution < 1.29 is 9.15 Å². The number of H-pyrrole nitrogens is 1. The minimum absolute atomic E-state index is 0.396. The number of rotatable bonds is 7. The first-order valence-corrected chi connectivity index (χ1v) is 8.17. The fraction of sp³-hybridized carbons (Fsp3) is 0.235. The van der Waals surface area contributed by atoms with E-state index in [1.165, 1.54) is 4.68 Å². The molecule has 0 fully saturated rings. The number of hydrogen-bond acceptors (Lipinski definition) is 5. The molecule has 0 spiro atoms. The molecule has 3 rings (SSSR count). The molecule has 7 heteroatoms. The Balaban J connectivity index is 1.81. The van der Waals surface area contributed by atoms with Crippen molar-refractivity contribution in [2.24, 2.45) is 5.10 Å². The maximum atomic E-state index is 5.71. The van der Waals surface area contributed by atoms with E-state index in [0.29, 0.717) is 23.0 Å². The predicted octanol–water partition coefficient (Wildman–Crippen LogP) is 4.26. The van der Waals surface area contributed by atoms with Gasteiger partial charge in [-0.05, 0) is 48.5 Å². The minimum atomic E-state index is 0.396. The van der Waals surface area contributed by atoms with Crippen LogP contribution in [-0.4, -0.2) is 27.7 Å². The summed E-state index contributed by atoms with van der Waals surface area (Å²) in [6.07, 6.45) is 5.44. The van der Waals surface area contributed by atoms with Gasteiger partial charge in [0.05, 0.1) is 19.1 Å². The second-order valence-corrected chi connectivity index (χ2v) is 5.55. The Morgan fingerprint density at radius 1 is 1.38 bits per heavy atom. The van der Waals surface area contributed by atoms with Crippen molar-refractivity contribution in [1.29, 1.82) is 0 Å². The number of aromatic amines is 1. The van der Waals surface area contributed by atoms with Gasteiger partial charge >= 0.3 is 0 Å². The van der Waals surface area contributed by atoms with Crippen LogP contribution in [0.4, 0.5) is 0 Å². The molecule has 0 aliphatic heterocycles. The number of ether oxygens (including phenoxy) is 1. The first kappa shape index (κ1) is 16.2. The van der Waals surface area contributed by atoms with Crippen LogP contribution in [0.1, 0.15) is 25.3 Å². The van der Waals surface area contributed by atoms with E-state index in [-0.39, 0.29) is 0 Å². The first-order chi connectivity index (χ1) is 11.8. The normalized spacial score (nSPS) is 11.2. The van der Waals surface area contributed by atoms with Gasteiger partial charge in [-0.2, -0.15) is 9.78 Å². The molecule has 24 heavy (non-hydrogen) atoms. The Bertz CT molecular complexity index is 865. The lowest BCUT2D eigenvalue weighted by atomic mass is 10.2. The highest BCUT2D eigenvalue weighted by Gasteiger charge is 2.10. The predicted molar refractivity (Wildman–Crippen MR) is 95.0 cm³/mol. The summed E-state index contributed by atoms with van der Waals surface area (Å²) in [7, 11) is 0. The third-order valence-electron chi connectivity index (χ3n) is 3.34. The average Bonchev–Trinajstić information content (AvgIpc) is 3.23. The van der Waals surface area contributed by atoms with Gasteiger partial charge < -0.3 is 9.15 Å². The number of nitrogens with zero attached hydrogens (tertiary/aromatic N) is 3. The number of benzene rings is 1. The minimum Gasteiger partial charge on any atom is -0.494 e. The highest BCUT2D eigenvalue weighted by atomic mass is 32.1. The smallest absolute Gasteiger partial charge is 0.219 e. The lowest BCUT2D eigenvalue weighted by Gasteiger charge is -2.05. The fourth-order valence-corrected chi connectivity index (χ4v) is 2.29. The van der Waals surface area contributed by atoms with E-state index >= 15 is 0 Å². The molecule has 0 amide bonds. The van der Waals surface area contributed by atoms with E-state index in [9.17, 15) is 0 Å². The second-order valence-electron chi connectivity index (χ2n) is 5.16. The first-order valence-electron chi connectivity index (χ1n) is 7.76. The molecule has 0 saturated heterocycles. The maximum Gasteiger partial charge on any atom is 0.219 e. The number of furan rings is 1. The van der Waals surface area contributed by atoms with Crippen molar-refractivity contribution in [3.05, 3.63) is 53.0 Å². The summed E-state index contributed by atoms with van der Waals surface area (Å²) in [5, 5.41) is 11.3. The van der Waals surface area contributed by atoms with Crippen LogP contribution < -0.4 is 4.74 Å². The Kier molecular flexibility index (Phi) is 5.22. The second kappa shape index (κ2) is 7.74. The highest BCUT2D eigenvalue weighted by molar-refractivity contribution is 7.71. The molecule has 1 N–H and O–H groups in total. The summed E-state index contributed by atoms with van der Waals surface area (Å²) >= 11 is 5.22. The van der Waals surface area contributed by atoms with Crippen molar-refractivity contribution in [3.63, 3.8) is 0 Å². The average molecular weight is 342 g/mol. The van der Waals surface area contributed by atoms with Crippen LogP contribution in [-0.2, 0) is 0 Å². The SMILES string of the molecule is CCCCOc1cccc(/C=N\n2c(-c3ccco3)n[nH]c2=S)c1. The summed E-state index contributed by atoms with van der Waals surface area (Å²) in [5.74, 6) is 1.95. The van der Waals surface area contributed by atoms with Gasteiger partial charge in [0.1, 0.15) is 5.75 Å². The zero-order valence-electron chi connectivity index (χ0n) is 13.3. The molecule has 0 aliphatic carbocycles. The van der Waals surface area contributed by atoms with Gasteiger partial charge in [-0.25, -0.2) is 5.10 Å². The molecule has 0 unspecified atom stereocenters. The van der Waals surface area contributed by atoms with Crippen LogP contribution >= 0.6 is 12.2 Å². The van der Waals surface area contributed by atoms with Gasteiger partial charge in [0.2, 0.25) is 10.6 Å². The van der Waals surface area contributed by atoms with Crippen molar-refractivity contribution in [3.8, 4) is 17.3 Å². The van der Waals surface area contributed by atoms with Crippen LogP contribution in [0.5, 0.6) is 5.75 Å². The summed E-state index contributed by atoms with van der Waals surface area (Å²) in [4.78, 5) is 0. The molecule has 0 bridgehead atoms. The highest BCUT2D eigenvalue weighted by Crippen LogP contribution is 2.18. The van der Waals surface area contributed by atoms with E-state index in [4.69, 9.17) is 21.4 Å². The Morgan fingerprint density at radius 3 is 3.08 bits per heavy atom. The Morgan fingerprint density at radius 2 is 2.29 bits per heavy atom. The molecule has 124 valence electrons. The van der Waals surface area contributed by atoms with Crippen LogP contribution in [0.2, 0.25) is 0 Å². The summed E-state index contributed by atoms with van der Waals surface area (Å²) in [6, 6.07) is 11.4. The third-order valence-corrected chi connectivity index (χ3v) is 3.60. The van der Waals surface area contributed by atoms with E-state index in [1.54, 1.807) is 24.6 Å². The lowest BCUT2D eigenvalue weighted by Crippen LogP contribution is -1.97. The zero-order chi connectivity index (χ0) is 16.8. The Labute approximate surface area is 144 Å². The molecule has 3 aromatic rings. The largest absolute Gasteiger partial charge is 0.494 e.